The number of aryl methyl sites for hydroxylation is 2. The van der Waals surface area contributed by atoms with E-state index in [1.54, 1.807) is 18.3 Å². The van der Waals surface area contributed by atoms with Crippen LogP contribution in [-0.2, 0) is 6.42 Å². The van der Waals surface area contributed by atoms with Gasteiger partial charge < -0.3 is 0 Å². The normalized spacial score (nSPS) is 10.5. The van der Waals surface area contributed by atoms with E-state index >= 15 is 0 Å². The Labute approximate surface area is 105 Å². The van der Waals surface area contributed by atoms with Gasteiger partial charge in [-0.05, 0) is 19.4 Å². The van der Waals surface area contributed by atoms with Gasteiger partial charge in [-0.25, -0.2) is 4.98 Å². The number of ketones is 1. The number of thiazole rings is 1. The molecule has 0 N–H and O–H groups in total. The number of aromatic nitrogens is 1. The minimum absolute atomic E-state index is 0.0351. The van der Waals surface area contributed by atoms with E-state index in [1.807, 2.05) is 5.38 Å². The number of nitrogens with zero attached hydrogens (tertiary/aromatic N) is 1. The summed E-state index contributed by atoms with van der Waals surface area (Å²) < 4.78 is 0. The topological polar surface area (TPSA) is 30.0 Å². The number of benzene rings is 1. The first-order valence-electron chi connectivity index (χ1n) is 5.57. The molecule has 0 aliphatic carbocycles. The van der Waals surface area contributed by atoms with Gasteiger partial charge in [0, 0.05) is 18.7 Å². The molecule has 0 radical (unpaired) electrons. The van der Waals surface area contributed by atoms with Crippen molar-refractivity contribution in [1.29, 1.82) is 0 Å². The molecule has 0 bridgehead atoms. The van der Waals surface area contributed by atoms with Crippen molar-refractivity contribution in [2.24, 2.45) is 0 Å². The monoisotopic (exact) mass is 245 g/mol. The molecule has 0 atom stereocenters. The van der Waals surface area contributed by atoms with E-state index in [0.717, 1.165) is 11.4 Å². The van der Waals surface area contributed by atoms with E-state index in [4.69, 9.17) is 0 Å². The van der Waals surface area contributed by atoms with E-state index in [-0.39, 0.29) is 5.78 Å². The number of carbonyl (C=O) groups is 1. The summed E-state index contributed by atoms with van der Waals surface area (Å²) in [6.07, 6.45) is 0.806. The lowest BCUT2D eigenvalue weighted by atomic mass is 10.1. The van der Waals surface area contributed by atoms with Crippen LogP contribution in [0.2, 0.25) is 0 Å². The third-order valence-corrected chi connectivity index (χ3v) is 3.40. The van der Waals surface area contributed by atoms with E-state index in [9.17, 15) is 4.79 Å². The molecule has 0 saturated heterocycles. The molecular formula is C14H15NOS. The van der Waals surface area contributed by atoms with Crippen molar-refractivity contribution in [3.8, 4) is 0 Å². The average molecular weight is 245 g/mol. The molecule has 1 aromatic carbocycles. The van der Waals surface area contributed by atoms with Crippen molar-refractivity contribution in [2.75, 3.05) is 0 Å². The number of hydrogen-bond donors (Lipinski definition) is 0. The first-order chi connectivity index (χ1) is 8.04. The van der Waals surface area contributed by atoms with Crippen LogP contribution >= 0.6 is 11.3 Å². The smallest absolute Gasteiger partial charge is 0.178 e. The Morgan fingerprint density at radius 3 is 2.41 bits per heavy atom. The van der Waals surface area contributed by atoms with Crippen LogP contribution in [0.5, 0.6) is 0 Å². The second-order valence-electron chi connectivity index (χ2n) is 4.36. The second kappa shape index (κ2) is 4.80. The van der Waals surface area contributed by atoms with Gasteiger partial charge >= 0.3 is 0 Å². The van der Waals surface area contributed by atoms with Crippen LogP contribution in [-0.4, -0.2) is 10.8 Å². The van der Waals surface area contributed by atoms with Gasteiger partial charge in [0.1, 0.15) is 5.69 Å². The van der Waals surface area contributed by atoms with Crippen molar-refractivity contribution in [1.82, 2.24) is 4.98 Å². The van der Waals surface area contributed by atoms with Crippen molar-refractivity contribution < 1.29 is 4.79 Å². The first-order valence-corrected chi connectivity index (χ1v) is 6.45. The molecule has 3 heteroatoms. The summed E-state index contributed by atoms with van der Waals surface area (Å²) in [4.78, 5) is 15.5. The van der Waals surface area contributed by atoms with Crippen LogP contribution in [0.15, 0.2) is 23.6 Å². The SMILES string of the molecule is CC(=O)c1csc(Cc2cc(C)cc(C)c2)n1. The molecule has 0 unspecified atom stereocenters. The highest BCUT2D eigenvalue weighted by atomic mass is 32.1. The Hall–Kier alpha value is -1.48. The van der Waals surface area contributed by atoms with Gasteiger partial charge in [0.05, 0.1) is 5.01 Å². The molecule has 88 valence electrons. The van der Waals surface area contributed by atoms with E-state index in [2.05, 4.69) is 37.0 Å². The van der Waals surface area contributed by atoms with Gasteiger partial charge in [0.15, 0.2) is 5.78 Å². The lowest BCUT2D eigenvalue weighted by Gasteiger charge is -2.02. The zero-order valence-corrected chi connectivity index (χ0v) is 11.1. The number of carbonyl (C=O) groups excluding carboxylic acids is 1. The van der Waals surface area contributed by atoms with Crippen LogP contribution in [0.25, 0.3) is 0 Å². The van der Waals surface area contributed by atoms with Crippen LogP contribution in [0.1, 0.15) is 39.1 Å². The van der Waals surface area contributed by atoms with Gasteiger partial charge in [-0.2, -0.15) is 0 Å². The average Bonchev–Trinajstić information content (AvgIpc) is 2.64. The summed E-state index contributed by atoms with van der Waals surface area (Å²) in [5.74, 6) is 0.0351. The van der Waals surface area contributed by atoms with Gasteiger partial charge in [-0.1, -0.05) is 29.3 Å². The van der Waals surface area contributed by atoms with Gasteiger partial charge in [0.2, 0.25) is 0 Å². The molecular weight excluding hydrogens is 230 g/mol. The molecule has 0 fully saturated rings. The standard InChI is InChI=1S/C14H15NOS/c1-9-4-10(2)6-12(5-9)7-14-15-13(8-17-14)11(3)16/h4-6,8H,7H2,1-3H3. The maximum atomic E-state index is 11.2. The van der Waals surface area contributed by atoms with E-state index in [0.29, 0.717) is 5.69 Å². The fourth-order valence-electron chi connectivity index (χ4n) is 1.90. The molecule has 0 aliphatic rings. The summed E-state index contributed by atoms with van der Waals surface area (Å²) in [5.41, 5.74) is 4.37. The lowest BCUT2D eigenvalue weighted by Crippen LogP contribution is -1.94. The molecule has 2 nitrogen and oxygen atoms in total. The highest BCUT2D eigenvalue weighted by molar-refractivity contribution is 7.09. The molecule has 17 heavy (non-hydrogen) atoms. The van der Waals surface area contributed by atoms with Gasteiger partial charge in [0.25, 0.3) is 0 Å². The predicted octanol–water partition coefficient (Wildman–Crippen LogP) is 3.55. The summed E-state index contributed by atoms with van der Waals surface area (Å²) in [7, 11) is 0. The van der Waals surface area contributed by atoms with Crippen molar-refractivity contribution >= 4 is 17.1 Å². The Morgan fingerprint density at radius 2 is 1.88 bits per heavy atom. The molecule has 2 rings (SSSR count). The molecule has 0 amide bonds. The predicted molar refractivity (Wildman–Crippen MR) is 70.8 cm³/mol. The third-order valence-electron chi connectivity index (χ3n) is 2.55. The summed E-state index contributed by atoms with van der Waals surface area (Å²) in [6, 6.07) is 6.50. The lowest BCUT2D eigenvalue weighted by molar-refractivity contribution is 0.101. The first kappa shape index (κ1) is 12.0. The molecule has 0 spiro atoms. The molecule has 1 aromatic heterocycles. The third kappa shape index (κ3) is 3.01. The zero-order chi connectivity index (χ0) is 12.4. The summed E-state index contributed by atoms with van der Waals surface area (Å²) in [6.45, 7) is 5.74. The number of Topliss-reactive ketones (excluding diaryl/α,β-unsaturated/α-hetero) is 1. The van der Waals surface area contributed by atoms with Crippen LogP contribution < -0.4 is 0 Å². The fourth-order valence-corrected chi connectivity index (χ4v) is 2.77. The largest absolute Gasteiger partial charge is 0.293 e. The minimum atomic E-state index is 0.0351. The van der Waals surface area contributed by atoms with Crippen LogP contribution in [0.3, 0.4) is 0 Å². The maximum Gasteiger partial charge on any atom is 0.178 e. The van der Waals surface area contributed by atoms with Gasteiger partial charge in [-0.3, -0.25) is 4.79 Å². The Morgan fingerprint density at radius 1 is 1.24 bits per heavy atom. The Bertz CT molecular complexity index is 537. The Kier molecular flexibility index (Phi) is 3.38. The molecule has 0 saturated carbocycles. The quantitative estimate of drug-likeness (QED) is 0.774. The number of hydrogen-bond acceptors (Lipinski definition) is 3. The maximum absolute atomic E-state index is 11.2. The highest BCUT2D eigenvalue weighted by Gasteiger charge is 2.07. The number of rotatable bonds is 3. The summed E-state index contributed by atoms with van der Waals surface area (Å²) in [5, 5.41) is 2.83. The van der Waals surface area contributed by atoms with Crippen LogP contribution in [0, 0.1) is 13.8 Å². The summed E-state index contributed by atoms with van der Waals surface area (Å²) >= 11 is 1.55. The van der Waals surface area contributed by atoms with E-state index < -0.39 is 0 Å². The molecule has 2 aromatic rings. The van der Waals surface area contributed by atoms with Gasteiger partial charge in [-0.15, -0.1) is 11.3 Å². The van der Waals surface area contributed by atoms with Crippen LogP contribution in [0.4, 0.5) is 0 Å². The fraction of sp³-hybridized carbons (Fsp3) is 0.286. The minimum Gasteiger partial charge on any atom is -0.293 e. The zero-order valence-electron chi connectivity index (χ0n) is 10.3. The molecule has 0 aliphatic heterocycles. The highest BCUT2D eigenvalue weighted by Crippen LogP contribution is 2.17. The van der Waals surface area contributed by atoms with E-state index in [1.165, 1.54) is 16.7 Å². The second-order valence-corrected chi connectivity index (χ2v) is 5.30. The van der Waals surface area contributed by atoms with Crippen molar-refractivity contribution in [3.05, 3.63) is 51.0 Å². The Balaban J connectivity index is 2.22. The molecule has 1 heterocycles. The van der Waals surface area contributed by atoms with Crippen molar-refractivity contribution in [3.63, 3.8) is 0 Å². The van der Waals surface area contributed by atoms with Crippen molar-refractivity contribution in [2.45, 2.75) is 27.2 Å².